The molecule has 0 bridgehead atoms. The number of hydrogen-bond acceptors (Lipinski definition) is 2. The average molecular weight is 285 g/mol. The highest BCUT2D eigenvalue weighted by atomic mass is 32.2. The normalized spacial score (nSPS) is 27.8. The summed E-state index contributed by atoms with van der Waals surface area (Å²) in [4.78, 5) is 0.379. The molecule has 1 nitrogen and oxygen atoms in total. The fraction of sp³-hybridized carbons (Fsp3) is 0.600. The van der Waals surface area contributed by atoms with E-state index in [1.54, 1.807) is 0 Å². The highest BCUT2D eigenvalue weighted by Crippen LogP contribution is 2.39. The zero-order valence-electron chi connectivity index (χ0n) is 11.4. The van der Waals surface area contributed by atoms with Crippen LogP contribution in [0.25, 0.3) is 0 Å². The maximum absolute atomic E-state index is 13.7. The van der Waals surface area contributed by atoms with Crippen LogP contribution >= 0.6 is 11.8 Å². The van der Waals surface area contributed by atoms with Crippen LogP contribution < -0.4 is 5.73 Å². The van der Waals surface area contributed by atoms with Gasteiger partial charge in [-0.05, 0) is 49.3 Å². The highest BCUT2D eigenvalue weighted by Gasteiger charge is 2.30. The van der Waals surface area contributed by atoms with Crippen molar-refractivity contribution in [2.45, 2.75) is 49.3 Å². The molecule has 1 fully saturated rings. The first-order chi connectivity index (χ1) is 8.97. The van der Waals surface area contributed by atoms with Crippen LogP contribution in [-0.4, -0.2) is 11.3 Å². The van der Waals surface area contributed by atoms with Gasteiger partial charge in [-0.2, -0.15) is 0 Å². The van der Waals surface area contributed by atoms with Crippen LogP contribution in [0.2, 0.25) is 0 Å². The minimum atomic E-state index is -0.395. The Morgan fingerprint density at radius 3 is 2.68 bits per heavy atom. The lowest BCUT2D eigenvalue weighted by molar-refractivity contribution is 0.266. The van der Waals surface area contributed by atoms with Gasteiger partial charge in [-0.3, -0.25) is 0 Å². The molecule has 2 N–H and O–H groups in total. The Labute approximate surface area is 118 Å². The lowest BCUT2D eigenvalue weighted by Crippen LogP contribution is -2.39. The minimum Gasteiger partial charge on any atom is -0.327 e. The third kappa shape index (κ3) is 3.69. The summed E-state index contributed by atoms with van der Waals surface area (Å²) in [5.74, 6) is 0.501. The van der Waals surface area contributed by atoms with Crippen LogP contribution in [0.4, 0.5) is 8.78 Å². The van der Waals surface area contributed by atoms with Crippen LogP contribution in [0.5, 0.6) is 0 Å². The summed E-state index contributed by atoms with van der Waals surface area (Å²) >= 11 is 1.39. The van der Waals surface area contributed by atoms with Crippen LogP contribution in [0.15, 0.2) is 23.1 Å². The van der Waals surface area contributed by atoms with Gasteiger partial charge in [0.1, 0.15) is 11.6 Å². The Kier molecular flexibility index (Phi) is 4.85. The second kappa shape index (κ2) is 6.23. The van der Waals surface area contributed by atoms with E-state index >= 15 is 0 Å². The smallest absolute Gasteiger partial charge is 0.136 e. The van der Waals surface area contributed by atoms with Gasteiger partial charge >= 0.3 is 0 Å². The molecular formula is C15H21F2NS. The van der Waals surface area contributed by atoms with Gasteiger partial charge in [-0.1, -0.05) is 13.8 Å². The van der Waals surface area contributed by atoms with E-state index in [1.807, 2.05) is 0 Å². The maximum Gasteiger partial charge on any atom is 0.136 e. The number of halogens is 2. The summed E-state index contributed by atoms with van der Waals surface area (Å²) in [7, 11) is 0. The fourth-order valence-corrected chi connectivity index (χ4v) is 4.00. The van der Waals surface area contributed by atoms with Crippen molar-refractivity contribution in [1.82, 2.24) is 0 Å². The molecule has 1 aliphatic rings. The fourth-order valence-electron chi connectivity index (χ4n) is 2.66. The molecule has 1 aromatic carbocycles. The second-order valence-electron chi connectivity index (χ2n) is 5.71. The lowest BCUT2D eigenvalue weighted by atomic mass is 9.79. The molecule has 1 saturated carbocycles. The van der Waals surface area contributed by atoms with Crippen LogP contribution in [-0.2, 0) is 0 Å². The van der Waals surface area contributed by atoms with E-state index in [9.17, 15) is 8.78 Å². The second-order valence-corrected chi connectivity index (χ2v) is 6.99. The maximum atomic E-state index is 13.7. The van der Waals surface area contributed by atoms with Crippen molar-refractivity contribution in [1.29, 1.82) is 0 Å². The van der Waals surface area contributed by atoms with Crippen LogP contribution in [0, 0.1) is 23.5 Å². The molecule has 2 rings (SSSR count). The Morgan fingerprint density at radius 2 is 2.00 bits per heavy atom. The molecule has 0 spiro atoms. The van der Waals surface area contributed by atoms with Gasteiger partial charge in [0.25, 0.3) is 0 Å². The first-order valence-electron chi connectivity index (χ1n) is 6.84. The number of benzene rings is 1. The zero-order valence-corrected chi connectivity index (χ0v) is 12.2. The van der Waals surface area contributed by atoms with E-state index in [0.717, 1.165) is 25.3 Å². The summed E-state index contributed by atoms with van der Waals surface area (Å²) in [5.41, 5.74) is 6.14. The Hall–Kier alpha value is -0.610. The molecule has 3 atom stereocenters. The molecule has 3 unspecified atom stereocenters. The quantitative estimate of drug-likeness (QED) is 0.900. The molecule has 19 heavy (non-hydrogen) atoms. The molecule has 1 aliphatic carbocycles. The minimum absolute atomic E-state index is 0.0719. The molecular weight excluding hydrogens is 264 g/mol. The average Bonchev–Trinajstić information content (AvgIpc) is 2.36. The molecule has 0 saturated heterocycles. The number of rotatable bonds is 3. The zero-order chi connectivity index (χ0) is 14.0. The third-order valence-corrected chi connectivity index (χ3v) is 5.41. The Bertz CT molecular complexity index is 436. The van der Waals surface area contributed by atoms with E-state index in [4.69, 9.17) is 5.73 Å². The van der Waals surface area contributed by atoms with Crippen molar-refractivity contribution in [3.05, 3.63) is 29.8 Å². The van der Waals surface area contributed by atoms with Crippen molar-refractivity contribution in [3.8, 4) is 0 Å². The van der Waals surface area contributed by atoms with Gasteiger partial charge in [0.05, 0.1) is 0 Å². The summed E-state index contributed by atoms with van der Waals surface area (Å²) in [5, 5.41) is 0.178. The lowest BCUT2D eigenvalue weighted by Gasteiger charge is -2.35. The topological polar surface area (TPSA) is 26.0 Å². The van der Waals surface area contributed by atoms with Gasteiger partial charge < -0.3 is 5.73 Å². The predicted molar refractivity (Wildman–Crippen MR) is 76.2 cm³/mol. The summed E-state index contributed by atoms with van der Waals surface area (Å²) in [6.45, 7) is 4.43. The monoisotopic (exact) mass is 285 g/mol. The standard InChI is InChI=1S/C15H21F2NS/c1-9(2)10-3-6-13(18)15(7-10)19-14-8-11(16)4-5-12(14)17/h4-5,8-10,13,15H,3,6-7,18H2,1-2H3. The predicted octanol–water partition coefficient (Wildman–Crippen LogP) is 4.21. The van der Waals surface area contributed by atoms with Gasteiger partial charge in [0, 0.05) is 16.2 Å². The van der Waals surface area contributed by atoms with Crippen molar-refractivity contribution >= 4 is 11.8 Å². The molecule has 0 radical (unpaired) electrons. The van der Waals surface area contributed by atoms with Crippen molar-refractivity contribution in [2.24, 2.45) is 17.6 Å². The SMILES string of the molecule is CC(C)C1CCC(N)C(Sc2cc(F)ccc2F)C1. The van der Waals surface area contributed by atoms with E-state index < -0.39 is 5.82 Å². The van der Waals surface area contributed by atoms with Gasteiger partial charge in [0.2, 0.25) is 0 Å². The Morgan fingerprint density at radius 1 is 1.26 bits per heavy atom. The first kappa shape index (κ1) is 14.8. The molecule has 4 heteroatoms. The van der Waals surface area contributed by atoms with E-state index in [-0.39, 0.29) is 17.1 Å². The summed E-state index contributed by atoms with van der Waals surface area (Å²) in [6.07, 6.45) is 3.10. The Balaban J connectivity index is 2.09. The van der Waals surface area contributed by atoms with Crippen molar-refractivity contribution < 1.29 is 8.78 Å². The van der Waals surface area contributed by atoms with E-state index in [1.165, 1.54) is 23.9 Å². The van der Waals surface area contributed by atoms with Gasteiger partial charge in [-0.15, -0.1) is 11.8 Å². The van der Waals surface area contributed by atoms with Crippen molar-refractivity contribution in [3.63, 3.8) is 0 Å². The third-order valence-electron chi connectivity index (χ3n) is 4.00. The molecule has 0 aromatic heterocycles. The van der Waals surface area contributed by atoms with Gasteiger partial charge in [0.15, 0.2) is 0 Å². The number of hydrogen-bond donors (Lipinski definition) is 1. The van der Waals surface area contributed by atoms with Crippen molar-refractivity contribution in [2.75, 3.05) is 0 Å². The molecule has 106 valence electrons. The van der Waals surface area contributed by atoms with E-state index in [0.29, 0.717) is 16.7 Å². The molecule has 1 aromatic rings. The summed E-state index contributed by atoms with van der Waals surface area (Å²) < 4.78 is 26.9. The largest absolute Gasteiger partial charge is 0.327 e. The highest BCUT2D eigenvalue weighted by molar-refractivity contribution is 8.00. The molecule has 0 amide bonds. The number of thioether (sulfide) groups is 1. The number of nitrogens with two attached hydrogens (primary N) is 1. The molecule has 0 aliphatic heterocycles. The van der Waals surface area contributed by atoms with Gasteiger partial charge in [-0.25, -0.2) is 8.78 Å². The van der Waals surface area contributed by atoms with Crippen LogP contribution in [0.1, 0.15) is 33.1 Å². The van der Waals surface area contributed by atoms with Crippen LogP contribution in [0.3, 0.4) is 0 Å². The summed E-state index contributed by atoms with van der Waals surface area (Å²) in [6, 6.07) is 3.68. The van der Waals surface area contributed by atoms with E-state index in [2.05, 4.69) is 13.8 Å². The first-order valence-corrected chi connectivity index (χ1v) is 7.72. The molecule has 0 heterocycles.